The van der Waals surface area contributed by atoms with Crippen LogP contribution in [0.5, 0.6) is 0 Å². The molecular weight excluding hydrogens is 462 g/mol. The molecule has 3 aromatic rings. The normalized spacial score (nSPS) is 19.2. The molecule has 3 atom stereocenters. The van der Waals surface area contributed by atoms with Crippen LogP contribution in [0.3, 0.4) is 0 Å². The summed E-state index contributed by atoms with van der Waals surface area (Å²) >= 11 is 0. The molecule has 4 rings (SSSR count). The van der Waals surface area contributed by atoms with Gasteiger partial charge in [0.1, 0.15) is 12.1 Å². The molecule has 0 radical (unpaired) electrons. The zero-order valence-corrected chi connectivity index (χ0v) is 22.0. The first-order valence-electron chi connectivity index (χ1n) is 13.2. The van der Waals surface area contributed by atoms with E-state index in [1.54, 1.807) is 9.80 Å². The van der Waals surface area contributed by atoms with Crippen LogP contribution in [-0.2, 0) is 27.2 Å². The summed E-state index contributed by atoms with van der Waals surface area (Å²) < 4.78 is 0. The summed E-state index contributed by atoms with van der Waals surface area (Å²) in [5, 5.41) is 2.19. The summed E-state index contributed by atoms with van der Waals surface area (Å²) in [5.41, 5.74) is 7.77. The molecule has 0 aliphatic carbocycles. The van der Waals surface area contributed by atoms with Crippen molar-refractivity contribution in [1.82, 2.24) is 9.80 Å². The van der Waals surface area contributed by atoms with Gasteiger partial charge in [-0.3, -0.25) is 14.4 Å². The van der Waals surface area contributed by atoms with E-state index in [1.165, 1.54) is 0 Å². The summed E-state index contributed by atoms with van der Waals surface area (Å²) in [4.78, 5) is 43.8. The van der Waals surface area contributed by atoms with Crippen molar-refractivity contribution in [3.8, 4) is 0 Å². The number of benzene rings is 3. The van der Waals surface area contributed by atoms with Crippen molar-refractivity contribution in [1.29, 1.82) is 0 Å². The van der Waals surface area contributed by atoms with Gasteiger partial charge in [-0.05, 0) is 47.6 Å². The monoisotopic (exact) mass is 499 g/mol. The topological polar surface area (TPSA) is 83.7 Å². The molecule has 194 valence electrons. The minimum absolute atomic E-state index is 0.0651. The Bertz CT molecular complexity index is 1260. The second-order valence-electron chi connectivity index (χ2n) is 10.6. The first-order chi connectivity index (χ1) is 17.7. The highest BCUT2D eigenvalue weighted by Crippen LogP contribution is 2.26. The van der Waals surface area contributed by atoms with E-state index in [2.05, 4.69) is 6.07 Å². The third-order valence-corrected chi connectivity index (χ3v) is 7.29. The zero-order chi connectivity index (χ0) is 26.5. The Labute approximate surface area is 219 Å². The van der Waals surface area contributed by atoms with Crippen LogP contribution in [0, 0.1) is 5.92 Å². The number of fused-ring (bicyclic) bond motifs is 1. The fourth-order valence-corrected chi connectivity index (χ4v) is 5.40. The van der Waals surface area contributed by atoms with Crippen molar-refractivity contribution in [2.75, 3.05) is 6.54 Å². The molecule has 1 heterocycles. The van der Waals surface area contributed by atoms with Crippen molar-refractivity contribution in [2.45, 2.75) is 64.6 Å². The standard InChI is InChI=1S/C31H37N3O3/c1-21(2)17-28-31(37)33(16-15-22(3)34(28)29(35)20-23-9-5-4-6-10-23)27(30(32)36)19-24-13-14-25-11-7-8-12-26(25)18-24/h4-14,18,21-22,27-28H,15-17,19-20H2,1-3H3,(H2,32,36)/t22-,27+,28+/m1/s1. The molecule has 0 bridgehead atoms. The summed E-state index contributed by atoms with van der Waals surface area (Å²) in [6.07, 6.45) is 1.69. The van der Waals surface area contributed by atoms with Crippen molar-refractivity contribution in [2.24, 2.45) is 11.7 Å². The third-order valence-electron chi connectivity index (χ3n) is 7.29. The zero-order valence-electron chi connectivity index (χ0n) is 22.0. The van der Waals surface area contributed by atoms with Gasteiger partial charge in [-0.2, -0.15) is 0 Å². The van der Waals surface area contributed by atoms with Gasteiger partial charge >= 0.3 is 0 Å². The number of hydrogen-bond acceptors (Lipinski definition) is 3. The summed E-state index contributed by atoms with van der Waals surface area (Å²) in [5.74, 6) is -0.587. The lowest BCUT2D eigenvalue weighted by molar-refractivity contribution is -0.148. The molecule has 37 heavy (non-hydrogen) atoms. The minimum atomic E-state index is -0.778. The Kier molecular flexibility index (Phi) is 8.27. The Morgan fingerprint density at radius 3 is 2.30 bits per heavy atom. The SMILES string of the molecule is CC(C)C[C@H]1C(=O)N([C@@H](Cc2ccc3ccccc3c2)C(N)=O)CC[C@@H](C)N1C(=O)Cc1ccccc1. The molecule has 1 fully saturated rings. The Balaban J connectivity index is 1.63. The minimum Gasteiger partial charge on any atom is -0.368 e. The molecule has 0 saturated carbocycles. The Morgan fingerprint density at radius 2 is 1.62 bits per heavy atom. The quantitative estimate of drug-likeness (QED) is 0.500. The second kappa shape index (κ2) is 11.6. The number of carbonyl (C=O) groups is 3. The number of carbonyl (C=O) groups excluding carboxylic acids is 3. The van der Waals surface area contributed by atoms with Crippen LogP contribution in [0.15, 0.2) is 72.8 Å². The van der Waals surface area contributed by atoms with E-state index < -0.39 is 18.0 Å². The largest absolute Gasteiger partial charge is 0.368 e. The Hall–Kier alpha value is -3.67. The number of rotatable bonds is 8. The van der Waals surface area contributed by atoms with Crippen molar-refractivity contribution < 1.29 is 14.4 Å². The van der Waals surface area contributed by atoms with Crippen LogP contribution < -0.4 is 5.73 Å². The van der Waals surface area contributed by atoms with E-state index in [0.29, 0.717) is 25.8 Å². The molecule has 6 heteroatoms. The molecule has 6 nitrogen and oxygen atoms in total. The van der Waals surface area contributed by atoms with Gasteiger partial charge in [-0.25, -0.2) is 0 Å². The molecule has 0 spiro atoms. The molecule has 0 unspecified atom stereocenters. The van der Waals surface area contributed by atoms with Crippen molar-refractivity contribution >= 4 is 28.5 Å². The second-order valence-corrected chi connectivity index (χ2v) is 10.6. The maximum atomic E-state index is 14.1. The van der Waals surface area contributed by atoms with E-state index in [9.17, 15) is 14.4 Å². The Morgan fingerprint density at radius 1 is 0.946 bits per heavy atom. The van der Waals surface area contributed by atoms with Gasteiger partial charge < -0.3 is 15.5 Å². The number of amides is 3. The maximum Gasteiger partial charge on any atom is 0.246 e. The fourth-order valence-electron chi connectivity index (χ4n) is 5.40. The van der Waals surface area contributed by atoms with Gasteiger partial charge in [0.2, 0.25) is 17.7 Å². The first-order valence-corrected chi connectivity index (χ1v) is 13.2. The lowest BCUT2D eigenvalue weighted by Gasteiger charge is -2.36. The molecule has 2 N–H and O–H groups in total. The summed E-state index contributed by atoms with van der Waals surface area (Å²) in [6, 6.07) is 22.2. The predicted molar refractivity (Wildman–Crippen MR) is 147 cm³/mol. The smallest absolute Gasteiger partial charge is 0.246 e. The molecule has 3 amide bonds. The fraction of sp³-hybridized carbons (Fsp3) is 0.387. The maximum absolute atomic E-state index is 14.1. The number of nitrogens with zero attached hydrogens (tertiary/aromatic N) is 2. The summed E-state index contributed by atoms with van der Waals surface area (Å²) in [7, 11) is 0. The van der Waals surface area contributed by atoms with Gasteiger partial charge in [0.25, 0.3) is 0 Å². The summed E-state index contributed by atoms with van der Waals surface area (Å²) in [6.45, 7) is 6.47. The van der Waals surface area contributed by atoms with Crippen LogP contribution in [0.25, 0.3) is 10.8 Å². The molecule has 1 aliphatic rings. The lowest BCUT2D eigenvalue weighted by atomic mass is 9.97. The third kappa shape index (κ3) is 6.19. The van der Waals surface area contributed by atoms with Crippen LogP contribution in [0.2, 0.25) is 0 Å². The van der Waals surface area contributed by atoms with Crippen LogP contribution in [0.4, 0.5) is 0 Å². The number of nitrogens with two attached hydrogens (primary N) is 1. The van der Waals surface area contributed by atoms with Crippen LogP contribution >= 0.6 is 0 Å². The average Bonchev–Trinajstić information content (AvgIpc) is 2.98. The predicted octanol–water partition coefficient (Wildman–Crippen LogP) is 4.34. The van der Waals surface area contributed by atoms with Gasteiger partial charge in [0.15, 0.2) is 0 Å². The number of hydrogen-bond donors (Lipinski definition) is 1. The molecule has 3 aromatic carbocycles. The molecule has 0 aromatic heterocycles. The molecular formula is C31H37N3O3. The van der Waals surface area contributed by atoms with E-state index in [-0.39, 0.29) is 30.2 Å². The van der Waals surface area contributed by atoms with Gasteiger partial charge in [-0.1, -0.05) is 86.6 Å². The molecule has 1 aliphatic heterocycles. The van der Waals surface area contributed by atoms with E-state index in [0.717, 1.165) is 21.9 Å². The van der Waals surface area contributed by atoms with E-state index >= 15 is 0 Å². The van der Waals surface area contributed by atoms with Crippen molar-refractivity contribution in [3.05, 3.63) is 83.9 Å². The molecule has 1 saturated heterocycles. The highest BCUT2D eigenvalue weighted by Gasteiger charge is 2.42. The van der Waals surface area contributed by atoms with Gasteiger partial charge in [-0.15, -0.1) is 0 Å². The highest BCUT2D eigenvalue weighted by atomic mass is 16.2. The van der Waals surface area contributed by atoms with Crippen molar-refractivity contribution in [3.63, 3.8) is 0 Å². The highest BCUT2D eigenvalue weighted by molar-refractivity contribution is 5.93. The van der Waals surface area contributed by atoms with E-state index in [1.807, 2.05) is 87.5 Å². The number of primary amides is 1. The van der Waals surface area contributed by atoms with Crippen LogP contribution in [-0.4, -0.2) is 52.2 Å². The van der Waals surface area contributed by atoms with Crippen LogP contribution in [0.1, 0.15) is 44.7 Å². The average molecular weight is 500 g/mol. The lowest BCUT2D eigenvalue weighted by Crippen LogP contribution is -2.56. The van der Waals surface area contributed by atoms with Gasteiger partial charge in [0.05, 0.1) is 6.42 Å². The van der Waals surface area contributed by atoms with Gasteiger partial charge in [0, 0.05) is 19.0 Å². The first kappa shape index (κ1) is 26.4. The van der Waals surface area contributed by atoms with E-state index in [4.69, 9.17) is 5.73 Å².